The Bertz CT molecular complexity index is 1040. The van der Waals surface area contributed by atoms with Crippen LogP contribution in [0.15, 0.2) is 42.5 Å². The molecule has 0 aliphatic carbocycles. The zero-order valence-corrected chi connectivity index (χ0v) is 15.8. The maximum atomic E-state index is 14.8. The van der Waals surface area contributed by atoms with Crippen LogP contribution in [0.5, 0.6) is 0 Å². The minimum absolute atomic E-state index is 0.0270. The minimum atomic E-state index is -1.28. The Kier molecular flexibility index (Phi) is 4.59. The first kappa shape index (κ1) is 19.1. The van der Waals surface area contributed by atoms with Gasteiger partial charge in [0.2, 0.25) is 0 Å². The summed E-state index contributed by atoms with van der Waals surface area (Å²) < 4.78 is 34.9. The first-order chi connectivity index (χ1) is 13.8. The molecule has 2 unspecified atom stereocenters. The molecule has 2 heterocycles. The van der Waals surface area contributed by atoms with Gasteiger partial charge in [0, 0.05) is 11.1 Å². The molecular weight excluding hydrogens is 378 g/mol. The van der Waals surface area contributed by atoms with Crippen LogP contribution in [-0.4, -0.2) is 30.2 Å². The number of ether oxygens (including phenoxy) is 1. The van der Waals surface area contributed by atoms with Crippen LogP contribution < -0.4 is 10.2 Å². The van der Waals surface area contributed by atoms with Gasteiger partial charge in [-0.3, -0.25) is 4.79 Å². The van der Waals surface area contributed by atoms with E-state index in [2.05, 4.69) is 17.2 Å². The number of carbonyl (C=O) groups is 2. The Balaban J connectivity index is 1.67. The number of rotatable bonds is 2. The average Bonchev–Trinajstić information content (AvgIpc) is 2.92. The maximum absolute atomic E-state index is 14.8. The van der Waals surface area contributed by atoms with Crippen LogP contribution in [0.1, 0.15) is 25.0 Å². The molecular formula is C22H18F2N2O3. The Morgan fingerprint density at radius 1 is 1.10 bits per heavy atom. The van der Waals surface area contributed by atoms with Crippen LogP contribution in [0.4, 0.5) is 19.3 Å². The Morgan fingerprint density at radius 3 is 2.28 bits per heavy atom. The van der Waals surface area contributed by atoms with E-state index >= 15 is 0 Å². The van der Waals surface area contributed by atoms with Gasteiger partial charge >= 0.3 is 6.03 Å². The molecule has 148 valence electrons. The molecule has 2 aliphatic rings. The summed E-state index contributed by atoms with van der Waals surface area (Å²) in [6.45, 7) is 3.66. The normalized spacial score (nSPS) is 23.1. The number of imide groups is 1. The van der Waals surface area contributed by atoms with Crippen LogP contribution in [-0.2, 0) is 9.53 Å². The van der Waals surface area contributed by atoms with Gasteiger partial charge in [-0.05, 0) is 30.2 Å². The molecule has 2 atom stereocenters. The molecule has 2 aliphatic heterocycles. The third kappa shape index (κ3) is 3.06. The van der Waals surface area contributed by atoms with Crippen molar-refractivity contribution in [2.24, 2.45) is 5.92 Å². The fraction of sp³-hybridized carbons (Fsp3) is 0.273. The van der Waals surface area contributed by atoms with Crippen molar-refractivity contribution in [1.82, 2.24) is 5.32 Å². The highest BCUT2D eigenvalue weighted by Crippen LogP contribution is 2.39. The number of amides is 3. The van der Waals surface area contributed by atoms with Gasteiger partial charge in [0.25, 0.3) is 5.91 Å². The van der Waals surface area contributed by atoms with E-state index in [1.807, 2.05) is 19.9 Å². The smallest absolute Gasteiger partial charge is 0.330 e. The molecule has 0 radical (unpaired) electrons. The standard InChI is InChI=1S/C22H18F2N2O3/c1-13(2)19-22(12-29-19)20(27)26(21(28)25-22)18-16(23)10-15(11-17(18)24)9-8-14-6-4-3-5-7-14/h3-7,10-11,13,19H,12H2,1-2H3,(H,25,28). The third-order valence-corrected chi connectivity index (χ3v) is 5.07. The largest absolute Gasteiger partial charge is 0.372 e. The lowest BCUT2D eigenvalue weighted by atomic mass is 9.81. The van der Waals surface area contributed by atoms with Crippen LogP contribution in [0.25, 0.3) is 0 Å². The lowest BCUT2D eigenvalue weighted by Crippen LogP contribution is -2.70. The maximum Gasteiger partial charge on any atom is 0.330 e. The molecule has 1 N–H and O–H groups in total. The summed E-state index contributed by atoms with van der Waals surface area (Å²) in [5.74, 6) is 2.65. The van der Waals surface area contributed by atoms with Crippen LogP contribution in [0.2, 0.25) is 0 Å². The third-order valence-electron chi connectivity index (χ3n) is 5.07. The van der Waals surface area contributed by atoms with Crippen LogP contribution >= 0.6 is 0 Å². The topological polar surface area (TPSA) is 58.6 Å². The second-order valence-corrected chi connectivity index (χ2v) is 7.42. The van der Waals surface area contributed by atoms with Gasteiger partial charge in [0.05, 0.1) is 12.7 Å². The van der Waals surface area contributed by atoms with Gasteiger partial charge in [0.1, 0.15) is 5.69 Å². The van der Waals surface area contributed by atoms with E-state index in [0.717, 1.165) is 12.1 Å². The molecule has 29 heavy (non-hydrogen) atoms. The fourth-order valence-electron chi connectivity index (χ4n) is 3.71. The number of carbonyl (C=O) groups excluding carboxylic acids is 2. The van der Waals surface area contributed by atoms with Gasteiger partial charge in [0.15, 0.2) is 17.2 Å². The van der Waals surface area contributed by atoms with E-state index < -0.39 is 40.9 Å². The van der Waals surface area contributed by atoms with Crippen molar-refractivity contribution in [2.75, 3.05) is 11.5 Å². The summed E-state index contributed by atoms with van der Waals surface area (Å²) in [4.78, 5) is 25.9. The summed E-state index contributed by atoms with van der Waals surface area (Å²) >= 11 is 0. The van der Waals surface area contributed by atoms with E-state index in [1.54, 1.807) is 24.3 Å². The molecule has 2 fully saturated rings. The number of anilines is 1. The highest BCUT2D eigenvalue weighted by molar-refractivity contribution is 6.24. The highest BCUT2D eigenvalue weighted by atomic mass is 19.1. The summed E-state index contributed by atoms with van der Waals surface area (Å²) in [5.41, 5.74) is -1.20. The molecule has 3 amide bonds. The molecule has 0 saturated carbocycles. The predicted molar refractivity (Wildman–Crippen MR) is 102 cm³/mol. The van der Waals surface area contributed by atoms with E-state index in [4.69, 9.17) is 4.74 Å². The van der Waals surface area contributed by atoms with Crippen molar-refractivity contribution in [2.45, 2.75) is 25.5 Å². The molecule has 5 nitrogen and oxygen atoms in total. The quantitative estimate of drug-likeness (QED) is 0.627. The first-order valence-electron chi connectivity index (χ1n) is 9.18. The average molecular weight is 396 g/mol. The molecule has 0 bridgehead atoms. The van der Waals surface area contributed by atoms with Crippen LogP contribution in [0.3, 0.4) is 0 Å². The number of halogens is 2. The highest BCUT2D eigenvalue weighted by Gasteiger charge is 2.64. The second kappa shape index (κ2) is 6.98. The summed E-state index contributed by atoms with van der Waals surface area (Å²) in [5, 5.41) is 2.56. The molecule has 4 rings (SSSR count). The van der Waals surface area contributed by atoms with Gasteiger partial charge in [-0.1, -0.05) is 43.9 Å². The summed E-state index contributed by atoms with van der Waals surface area (Å²) in [7, 11) is 0. The summed E-state index contributed by atoms with van der Waals surface area (Å²) in [6, 6.07) is 10.1. The number of nitrogens with zero attached hydrogens (tertiary/aromatic N) is 1. The first-order valence-corrected chi connectivity index (χ1v) is 9.18. The zero-order chi connectivity index (χ0) is 20.8. The lowest BCUT2D eigenvalue weighted by Gasteiger charge is -2.46. The Labute approximate surface area is 166 Å². The van der Waals surface area contributed by atoms with Crippen molar-refractivity contribution in [3.8, 4) is 11.8 Å². The van der Waals surface area contributed by atoms with Crippen molar-refractivity contribution in [3.63, 3.8) is 0 Å². The van der Waals surface area contributed by atoms with E-state index in [0.29, 0.717) is 10.5 Å². The van der Waals surface area contributed by atoms with Crippen molar-refractivity contribution in [3.05, 3.63) is 65.2 Å². The lowest BCUT2D eigenvalue weighted by molar-refractivity contribution is -0.173. The Hall–Kier alpha value is -3.24. The fourth-order valence-corrected chi connectivity index (χ4v) is 3.71. The molecule has 2 aromatic carbocycles. The number of nitrogens with one attached hydrogen (secondary N) is 1. The van der Waals surface area contributed by atoms with Crippen molar-refractivity contribution >= 4 is 17.6 Å². The van der Waals surface area contributed by atoms with Gasteiger partial charge in [-0.2, -0.15) is 0 Å². The molecule has 1 spiro atoms. The van der Waals surface area contributed by atoms with Gasteiger partial charge < -0.3 is 10.1 Å². The van der Waals surface area contributed by atoms with Gasteiger partial charge in [-0.15, -0.1) is 0 Å². The number of benzene rings is 2. The number of hydrogen-bond acceptors (Lipinski definition) is 3. The number of urea groups is 1. The predicted octanol–water partition coefficient (Wildman–Crippen LogP) is 3.21. The van der Waals surface area contributed by atoms with Crippen molar-refractivity contribution in [1.29, 1.82) is 0 Å². The molecule has 2 saturated heterocycles. The zero-order valence-electron chi connectivity index (χ0n) is 15.8. The SMILES string of the molecule is CC(C)C1OCC12NC(=O)N(c1c(F)cc(C#Cc3ccccc3)cc1F)C2=O. The molecule has 2 aromatic rings. The monoisotopic (exact) mass is 396 g/mol. The molecule has 7 heteroatoms. The second-order valence-electron chi connectivity index (χ2n) is 7.42. The van der Waals surface area contributed by atoms with Gasteiger partial charge in [-0.25, -0.2) is 18.5 Å². The van der Waals surface area contributed by atoms with E-state index in [1.165, 1.54) is 0 Å². The minimum Gasteiger partial charge on any atom is -0.372 e. The molecule has 0 aromatic heterocycles. The Morgan fingerprint density at radius 2 is 1.72 bits per heavy atom. The van der Waals surface area contributed by atoms with E-state index in [9.17, 15) is 18.4 Å². The van der Waals surface area contributed by atoms with E-state index in [-0.39, 0.29) is 18.1 Å². The van der Waals surface area contributed by atoms with Crippen LogP contribution in [0, 0.1) is 29.4 Å². The van der Waals surface area contributed by atoms with Crippen molar-refractivity contribution < 1.29 is 23.1 Å². The number of hydrogen-bond donors (Lipinski definition) is 1. The summed E-state index contributed by atoms with van der Waals surface area (Å²) in [6.07, 6.45) is -0.550.